The van der Waals surface area contributed by atoms with Crippen LogP contribution >= 0.6 is 22.9 Å². The molecule has 0 atom stereocenters. The van der Waals surface area contributed by atoms with Gasteiger partial charge < -0.3 is 4.90 Å². The highest BCUT2D eigenvalue weighted by atomic mass is 35.5. The Morgan fingerprint density at radius 1 is 1.08 bits per heavy atom. The number of anilines is 1. The average molecular weight is 383 g/mol. The van der Waals surface area contributed by atoms with E-state index in [-0.39, 0.29) is 5.56 Å². The minimum Gasteiger partial charge on any atom is -0.378 e. The zero-order chi connectivity index (χ0) is 18.3. The molecule has 0 N–H and O–H groups in total. The molecule has 7 heteroatoms. The Kier molecular flexibility index (Phi) is 4.22. The molecular weight excluding hydrogens is 368 g/mol. The number of fused-ring (bicyclic) bond motifs is 1. The Bertz CT molecular complexity index is 1180. The van der Waals surface area contributed by atoms with Crippen molar-refractivity contribution in [1.82, 2.24) is 14.6 Å². The number of halogens is 1. The maximum atomic E-state index is 12.6. The Morgan fingerprint density at radius 2 is 1.77 bits per heavy atom. The predicted molar refractivity (Wildman–Crippen MR) is 107 cm³/mol. The van der Waals surface area contributed by atoms with Crippen LogP contribution in [0, 0.1) is 0 Å². The van der Waals surface area contributed by atoms with E-state index in [2.05, 4.69) is 10.1 Å². The van der Waals surface area contributed by atoms with Crippen molar-refractivity contribution >= 4 is 39.7 Å². The number of aromatic nitrogens is 3. The summed E-state index contributed by atoms with van der Waals surface area (Å²) in [5.41, 5.74) is 2.75. The summed E-state index contributed by atoms with van der Waals surface area (Å²) in [5.74, 6) is 0.520. The third kappa shape index (κ3) is 3.09. The molecule has 4 rings (SSSR count). The van der Waals surface area contributed by atoms with Gasteiger partial charge in [-0.2, -0.15) is 9.50 Å². The first-order valence-electron chi connectivity index (χ1n) is 7.96. The Hall–Kier alpha value is -2.70. The summed E-state index contributed by atoms with van der Waals surface area (Å²) in [6.45, 7) is 0. The topological polar surface area (TPSA) is 50.5 Å². The lowest BCUT2D eigenvalue weighted by Crippen LogP contribution is -2.23. The lowest BCUT2D eigenvalue weighted by atomic mass is 10.2. The zero-order valence-electron chi connectivity index (χ0n) is 14.2. The number of hydrogen-bond acceptors (Lipinski definition) is 5. The largest absolute Gasteiger partial charge is 0.378 e. The maximum Gasteiger partial charge on any atom is 0.291 e. The zero-order valence-corrected chi connectivity index (χ0v) is 15.8. The summed E-state index contributed by atoms with van der Waals surface area (Å²) in [6, 6.07) is 15.3. The summed E-state index contributed by atoms with van der Waals surface area (Å²) in [6.07, 6.45) is 1.87. The number of thiazole rings is 1. The van der Waals surface area contributed by atoms with Gasteiger partial charge in [-0.05, 0) is 48.0 Å². The summed E-state index contributed by atoms with van der Waals surface area (Å²) in [7, 11) is 3.99. The molecule has 4 aromatic rings. The molecule has 0 saturated carbocycles. The van der Waals surface area contributed by atoms with Crippen LogP contribution < -0.4 is 15.0 Å². The van der Waals surface area contributed by atoms with Gasteiger partial charge in [0, 0.05) is 30.4 Å². The van der Waals surface area contributed by atoms with E-state index in [4.69, 9.17) is 11.6 Å². The van der Waals surface area contributed by atoms with Crippen molar-refractivity contribution in [3.63, 3.8) is 0 Å². The van der Waals surface area contributed by atoms with Crippen molar-refractivity contribution in [3.8, 4) is 11.4 Å². The molecule has 0 aliphatic carbocycles. The number of rotatable bonds is 3. The summed E-state index contributed by atoms with van der Waals surface area (Å²) < 4.78 is 1.97. The maximum absolute atomic E-state index is 12.6. The molecule has 2 aromatic heterocycles. The third-order valence-electron chi connectivity index (χ3n) is 3.99. The molecule has 0 bridgehead atoms. The molecular formula is C19H15ClN4OS. The molecule has 0 amide bonds. The van der Waals surface area contributed by atoms with Gasteiger partial charge >= 0.3 is 0 Å². The van der Waals surface area contributed by atoms with Crippen molar-refractivity contribution in [2.75, 3.05) is 19.0 Å². The van der Waals surface area contributed by atoms with Gasteiger partial charge in [0.1, 0.15) is 0 Å². The van der Waals surface area contributed by atoms with Crippen molar-refractivity contribution in [2.45, 2.75) is 0 Å². The van der Waals surface area contributed by atoms with Crippen LogP contribution in [0.5, 0.6) is 0 Å². The van der Waals surface area contributed by atoms with Crippen LogP contribution in [0.2, 0.25) is 5.02 Å². The fourth-order valence-electron chi connectivity index (χ4n) is 2.58. The van der Waals surface area contributed by atoms with E-state index in [0.29, 0.717) is 20.3 Å². The fraction of sp³-hybridized carbons (Fsp3) is 0.105. The van der Waals surface area contributed by atoms with E-state index in [0.717, 1.165) is 16.8 Å². The van der Waals surface area contributed by atoms with Gasteiger partial charge in [-0.25, -0.2) is 0 Å². The molecule has 130 valence electrons. The van der Waals surface area contributed by atoms with Crippen molar-refractivity contribution in [2.24, 2.45) is 0 Å². The van der Waals surface area contributed by atoms with Gasteiger partial charge in [-0.15, -0.1) is 5.10 Å². The quantitative estimate of drug-likeness (QED) is 0.546. The van der Waals surface area contributed by atoms with Crippen molar-refractivity contribution in [1.29, 1.82) is 0 Å². The van der Waals surface area contributed by atoms with Crippen molar-refractivity contribution in [3.05, 3.63) is 74.0 Å². The first-order chi connectivity index (χ1) is 12.5. The second-order valence-corrected chi connectivity index (χ2v) is 7.48. The normalized spacial score (nSPS) is 12.0. The number of nitrogens with zero attached hydrogens (tertiary/aromatic N) is 4. The van der Waals surface area contributed by atoms with Gasteiger partial charge in [0.2, 0.25) is 4.96 Å². The molecule has 0 saturated heterocycles. The smallest absolute Gasteiger partial charge is 0.291 e. The van der Waals surface area contributed by atoms with Gasteiger partial charge in [0.05, 0.1) is 4.53 Å². The van der Waals surface area contributed by atoms with E-state index in [1.54, 1.807) is 12.1 Å². The average Bonchev–Trinajstić information content (AvgIpc) is 3.16. The van der Waals surface area contributed by atoms with E-state index in [1.165, 1.54) is 15.9 Å². The molecule has 5 nitrogen and oxygen atoms in total. The first-order valence-corrected chi connectivity index (χ1v) is 9.15. The Labute approximate surface area is 158 Å². The predicted octanol–water partition coefficient (Wildman–Crippen LogP) is 3.09. The SMILES string of the molecule is CN(C)c1ccc(C=c2sc3nc(-c4ccc(Cl)cc4)nn3c2=O)cc1. The molecule has 0 radical (unpaired) electrons. The lowest BCUT2D eigenvalue weighted by molar-refractivity contribution is 0.937. The Balaban J connectivity index is 1.73. The molecule has 0 fully saturated rings. The molecule has 0 aliphatic heterocycles. The van der Waals surface area contributed by atoms with Crippen LogP contribution in [-0.2, 0) is 0 Å². The molecule has 2 aromatic carbocycles. The van der Waals surface area contributed by atoms with Crippen LogP contribution in [-0.4, -0.2) is 28.7 Å². The number of hydrogen-bond donors (Lipinski definition) is 0. The van der Waals surface area contributed by atoms with Crippen LogP contribution in [0.1, 0.15) is 5.56 Å². The molecule has 2 heterocycles. The van der Waals surface area contributed by atoms with Crippen molar-refractivity contribution < 1.29 is 0 Å². The molecule has 0 unspecified atom stereocenters. The Morgan fingerprint density at radius 3 is 2.38 bits per heavy atom. The highest BCUT2D eigenvalue weighted by Gasteiger charge is 2.11. The van der Waals surface area contributed by atoms with Gasteiger partial charge in [-0.1, -0.05) is 35.1 Å². The van der Waals surface area contributed by atoms with E-state index in [9.17, 15) is 4.79 Å². The fourth-order valence-corrected chi connectivity index (χ4v) is 3.61. The molecule has 26 heavy (non-hydrogen) atoms. The van der Waals surface area contributed by atoms with Crippen LogP contribution in [0.4, 0.5) is 5.69 Å². The highest BCUT2D eigenvalue weighted by molar-refractivity contribution is 7.15. The highest BCUT2D eigenvalue weighted by Crippen LogP contribution is 2.19. The monoisotopic (exact) mass is 382 g/mol. The van der Waals surface area contributed by atoms with Crippen LogP contribution in [0.3, 0.4) is 0 Å². The lowest BCUT2D eigenvalue weighted by Gasteiger charge is -2.11. The number of benzene rings is 2. The summed E-state index contributed by atoms with van der Waals surface area (Å²) in [5, 5.41) is 4.99. The van der Waals surface area contributed by atoms with Crippen LogP contribution in [0.15, 0.2) is 53.3 Å². The first kappa shape index (κ1) is 16.8. The molecule has 0 aliphatic rings. The van der Waals surface area contributed by atoms with E-state index >= 15 is 0 Å². The van der Waals surface area contributed by atoms with Gasteiger partial charge in [0.15, 0.2) is 5.82 Å². The standard InChI is InChI=1S/C19H15ClN4OS/c1-23(2)15-9-3-12(4-10-15)11-16-18(25)24-19(26-16)21-17(22-24)13-5-7-14(20)8-6-13/h3-11H,1-2H3. The summed E-state index contributed by atoms with van der Waals surface area (Å²) in [4.78, 5) is 19.7. The second kappa shape index (κ2) is 6.55. The minimum atomic E-state index is -0.158. The summed E-state index contributed by atoms with van der Waals surface area (Å²) >= 11 is 7.24. The van der Waals surface area contributed by atoms with E-state index < -0.39 is 0 Å². The third-order valence-corrected chi connectivity index (χ3v) is 5.20. The molecule has 0 spiro atoms. The van der Waals surface area contributed by atoms with Gasteiger partial charge in [0.25, 0.3) is 5.56 Å². The minimum absolute atomic E-state index is 0.158. The van der Waals surface area contributed by atoms with Crippen LogP contribution in [0.25, 0.3) is 22.4 Å². The van der Waals surface area contributed by atoms with E-state index in [1.807, 2.05) is 61.5 Å². The second-order valence-electron chi connectivity index (χ2n) is 6.04. The van der Waals surface area contributed by atoms with Gasteiger partial charge in [-0.3, -0.25) is 4.79 Å².